The van der Waals surface area contributed by atoms with E-state index in [1.165, 1.54) is 6.07 Å². The Hall–Kier alpha value is -0.960. The van der Waals surface area contributed by atoms with Gasteiger partial charge in [-0.1, -0.05) is 18.5 Å². The minimum absolute atomic E-state index is 0.162. The van der Waals surface area contributed by atoms with Gasteiger partial charge in [0.2, 0.25) is 0 Å². The van der Waals surface area contributed by atoms with Crippen molar-refractivity contribution in [2.24, 2.45) is 0 Å². The topological polar surface area (TPSA) is 24.1 Å². The number of anilines is 2. The van der Waals surface area contributed by atoms with E-state index in [1.54, 1.807) is 6.07 Å². The molecule has 2 rings (SSSR count). The molecule has 1 aliphatic rings. The SMILES string of the molecule is CCC1CNc2cc(F)c(Cl)cc2N1. The van der Waals surface area contributed by atoms with Crippen LogP contribution in [-0.4, -0.2) is 12.6 Å². The Bertz CT molecular complexity index is 354. The van der Waals surface area contributed by atoms with Crippen molar-refractivity contribution in [1.29, 1.82) is 0 Å². The molecule has 1 aromatic rings. The highest BCUT2D eigenvalue weighted by atomic mass is 35.5. The van der Waals surface area contributed by atoms with Gasteiger partial charge in [-0.25, -0.2) is 4.39 Å². The lowest BCUT2D eigenvalue weighted by molar-refractivity contribution is 0.627. The molecule has 0 radical (unpaired) electrons. The van der Waals surface area contributed by atoms with Crippen LogP contribution < -0.4 is 10.6 Å². The van der Waals surface area contributed by atoms with Gasteiger partial charge in [0.25, 0.3) is 0 Å². The van der Waals surface area contributed by atoms with Crippen LogP contribution in [0, 0.1) is 5.82 Å². The smallest absolute Gasteiger partial charge is 0.143 e. The molecule has 4 heteroatoms. The van der Waals surface area contributed by atoms with E-state index in [2.05, 4.69) is 17.6 Å². The Morgan fingerprint density at radius 2 is 2.29 bits per heavy atom. The minimum atomic E-state index is -0.380. The van der Waals surface area contributed by atoms with Crippen molar-refractivity contribution in [3.63, 3.8) is 0 Å². The van der Waals surface area contributed by atoms with Crippen molar-refractivity contribution >= 4 is 23.0 Å². The van der Waals surface area contributed by atoms with Crippen molar-refractivity contribution in [3.8, 4) is 0 Å². The highest BCUT2D eigenvalue weighted by Crippen LogP contribution is 2.31. The van der Waals surface area contributed by atoms with Crippen LogP contribution in [0.1, 0.15) is 13.3 Å². The molecule has 0 spiro atoms. The van der Waals surface area contributed by atoms with Crippen molar-refractivity contribution < 1.29 is 4.39 Å². The van der Waals surface area contributed by atoms with Gasteiger partial charge in [-0.2, -0.15) is 0 Å². The van der Waals surface area contributed by atoms with Crippen LogP contribution in [0.15, 0.2) is 12.1 Å². The van der Waals surface area contributed by atoms with Crippen molar-refractivity contribution in [2.45, 2.75) is 19.4 Å². The molecule has 1 aliphatic heterocycles. The third-order valence-electron chi connectivity index (χ3n) is 2.45. The quantitative estimate of drug-likeness (QED) is 0.751. The number of rotatable bonds is 1. The van der Waals surface area contributed by atoms with E-state index >= 15 is 0 Å². The molecule has 2 N–H and O–H groups in total. The van der Waals surface area contributed by atoms with Gasteiger partial charge >= 0.3 is 0 Å². The first kappa shape index (κ1) is 9.59. The van der Waals surface area contributed by atoms with E-state index in [4.69, 9.17) is 11.6 Å². The maximum absolute atomic E-state index is 13.1. The van der Waals surface area contributed by atoms with Gasteiger partial charge in [-0.3, -0.25) is 0 Å². The van der Waals surface area contributed by atoms with Crippen LogP contribution >= 0.6 is 11.6 Å². The zero-order chi connectivity index (χ0) is 10.1. The minimum Gasteiger partial charge on any atom is -0.381 e. The van der Waals surface area contributed by atoms with E-state index in [-0.39, 0.29) is 10.8 Å². The average molecular weight is 215 g/mol. The van der Waals surface area contributed by atoms with E-state index in [9.17, 15) is 4.39 Å². The molecule has 0 aromatic heterocycles. The van der Waals surface area contributed by atoms with Crippen LogP contribution in [0.2, 0.25) is 5.02 Å². The summed E-state index contributed by atoms with van der Waals surface area (Å²) in [7, 11) is 0. The number of benzene rings is 1. The third-order valence-corrected chi connectivity index (χ3v) is 2.74. The van der Waals surface area contributed by atoms with Crippen LogP contribution in [-0.2, 0) is 0 Å². The molecule has 0 fully saturated rings. The molecule has 0 saturated carbocycles. The van der Waals surface area contributed by atoms with E-state index in [1.807, 2.05) is 0 Å². The Labute approximate surface area is 87.5 Å². The Kier molecular flexibility index (Phi) is 2.50. The second kappa shape index (κ2) is 3.65. The maximum atomic E-state index is 13.1. The largest absolute Gasteiger partial charge is 0.381 e. The molecule has 0 saturated heterocycles. The first-order chi connectivity index (χ1) is 6.70. The molecule has 0 bridgehead atoms. The molecule has 0 aliphatic carbocycles. The monoisotopic (exact) mass is 214 g/mol. The summed E-state index contributed by atoms with van der Waals surface area (Å²) in [5.74, 6) is -0.380. The summed E-state index contributed by atoms with van der Waals surface area (Å²) < 4.78 is 13.1. The lowest BCUT2D eigenvalue weighted by atomic mass is 10.1. The molecular weight excluding hydrogens is 203 g/mol. The van der Waals surface area contributed by atoms with Gasteiger partial charge in [0.15, 0.2) is 0 Å². The molecule has 1 aromatic carbocycles. The number of hydrogen-bond acceptors (Lipinski definition) is 2. The summed E-state index contributed by atoms with van der Waals surface area (Å²) >= 11 is 5.69. The number of halogens is 2. The number of fused-ring (bicyclic) bond motifs is 1. The highest BCUT2D eigenvalue weighted by Gasteiger charge is 2.17. The van der Waals surface area contributed by atoms with Gasteiger partial charge in [0.1, 0.15) is 5.82 Å². The predicted octanol–water partition coefficient (Wildman–Crippen LogP) is 3.10. The van der Waals surface area contributed by atoms with E-state index in [0.717, 1.165) is 24.3 Å². The lowest BCUT2D eigenvalue weighted by Gasteiger charge is -2.27. The zero-order valence-electron chi connectivity index (χ0n) is 7.90. The first-order valence-electron chi connectivity index (χ1n) is 4.70. The Morgan fingerprint density at radius 3 is 3.00 bits per heavy atom. The van der Waals surface area contributed by atoms with Crippen LogP contribution in [0.4, 0.5) is 15.8 Å². The van der Waals surface area contributed by atoms with Crippen molar-refractivity contribution in [2.75, 3.05) is 17.2 Å². The maximum Gasteiger partial charge on any atom is 0.143 e. The normalized spacial score (nSPS) is 19.5. The first-order valence-corrected chi connectivity index (χ1v) is 5.08. The Morgan fingerprint density at radius 1 is 1.50 bits per heavy atom. The Balaban J connectivity index is 2.33. The zero-order valence-corrected chi connectivity index (χ0v) is 8.66. The summed E-state index contributed by atoms with van der Waals surface area (Å²) in [5.41, 5.74) is 1.67. The number of hydrogen-bond donors (Lipinski definition) is 2. The van der Waals surface area contributed by atoms with Gasteiger partial charge < -0.3 is 10.6 Å². The van der Waals surface area contributed by atoms with Gasteiger partial charge in [0, 0.05) is 18.7 Å². The number of nitrogens with one attached hydrogen (secondary N) is 2. The highest BCUT2D eigenvalue weighted by molar-refractivity contribution is 6.31. The summed E-state index contributed by atoms with van der Waals surface area (Å²) in [6, 6.07) is 3.45. The van der Waals surface area contributed by atoms with Crippen molar-refractivity contribution in [3.05, 3.63) is 23.0 Å². The van der Waals surface area contributed by atoms with Crippen molar-refractivity contribution in [1.82, 2.24) is 0 Å². The van der Waals surface area contributed by atoms with Crippen LogP contribution in [0.5, 0.6) is 0 Å². The standard InChI is InChI=1S/C10H12ClFN2/c1-2-6-5-13-9-4-8(12)7(11)3-10(9)14-6/h3-4,6,13-14H,2,5H2,1H3. The lowest BCUT2D eigenvalue weighted by Crippen LogP contribution is -2.32. The molecule has 1 heterocycles. The fourth-order valence-corrected chi connectivity index (χ4v) is 1.73. The molecule has 1 atom stereocenters. The summed E-state index contributed by atoms with van der Waals surface area (Å²) in [5, 5.41) is 6.63. The van der Waals surface area contributed by atoms with Gasteiger partial charge in [0.05, 0.1) is 16.4 Å². The van der Waals surface area contributed by atoms with E-state index < -0.39 is 0 Å². The van der Waals surface area contributed by atoms with Gasteiger partial charge in [-0.05, 0) is 12.5 Å². The van der Waals surface area contributed by atoms with E-state index in [0.29, 0.717) is 6.04 Å². The molecule has 14 heavy (non-hydrogen) atoms. The molecule has 1 unspecified atom stereocenters. The fourth-order valence-electron chi connectivity index (χ4n) is 1.56. The molecule has 2 nitrogen and oxygen atoms in total. The average Bonchev–Trinajstić information content (AvgIpc) is 2.19. The molecule has 76 valence electrons. The summed E-state index contributed by atoms with van der Waals surface area (Å²) in [6.07, 6.45) is 1.03. The second-order valence-electron chi connectivity index (χ2n) is 3.44. The summed E-state index contributed by atoms with van der Waals surface area (Å²) in [6.45, 7) is 2.93. The van der Waals surface area contributed by atoms with Crippen LogP contribution in [0.3, 0.4) is 0 Å². The second-order valence-corrected chi connectivity index (χ2v) is 3.85. The third kappa shape index (κ3) is 1.64. The van der Waals surface area contributed by atoms with Gasteiger partial charge in [-0.15, -0.1) is 0 Å². The summed E-state index contributed by atoms with van der Waals surface area (Å²) in [4.78, 5) is 0. The molecular formula is C10H12ClFN2. The fraction of sp³-hybridized carbons (Fsp3) is 0.400. The predicted molar refractivity (Wildman–Crippen MR) is 57.6 cm³/mol. The van der Waals surface area contributed by atoms with Crippen LogP contribution in [0.25, 0.3) is 0 Å². The molecule has 0 amide bonds.